The molecule has 2 N–H and O–H groups in total. The van der Waals surface area contributed by atoms with Crippen molar-refractivity contribution in [2.75, 3.05) is 32.8 Å². The normalized spacial score (nSPS) is 9.62. The van der Waals surface area contributed by atoms with Crippen LogP contribution in [0.2, 0.25) is 0 Å². The Bertz CT molecular complexity index is 313. The molecule has 108 valence electrons. The third-order valence-corrected chi connectivity index (χ3v) is 1.82. The van der Waals surface area contributed by atoms with Gasteiger partial charge in [-0.2, -0.15) is 0 Å². The maximum Gasteiger partial charge on any atom is 1.00 e. The summed E-state index contributed by atoms with van der Waals surface area (Å²) >= 11 is 0. The van der Waals surface area contributed by atoms with E-state index < -0.39 is 56.7 Å². The molecule has 10 nitrogen and oxygen atoms in total. The minimum atomic E-state index is -1.56. The van der Waals surface area contributed by atoms with E-state index in [1.165, 1.54) is 0 Å². The summed E-state index contributed by atoms with van der Waals surface area (Å²) < 4.78 is 0. The maximum atomic E-state index is 10.5. The molecule has 0 aromatic rings. The molecule has 0 bridgehead atoms. The summed E-state index contributed by atoms with van der Waals surface area (Å²) in [5, 5.41) is 37.9. The number of carbonyl (C=O) groups is 4. The van der Waals surface area contributed by atoms with E-state index in [0.29, 0.717) is 0 Å². The average Bonchev–Trinajstić information content (AvgIpc) is 2.11. The van der Waals surface area contributed by atoms with Gasteiger partial charge in [-0.15, -0.1) is 0 Å². The summed E-state index contributed by atoms with van der Waals surface area (Å²) in [5.41, 5.74) is 0. The van der Waals surface area contributed by atoms with Crippen LogP contribution in [0.3, 0.4) is 0 Å². The number of hydrogen-bond donors (Lipinski definition) is 2. The smallest absolute Gasteiger partial charge is 0.549 e. The first kappa shape index (κ1) is 25.0. The Morgan fingerprint density at radius 1 is 0.714 bits per heavy atom. The van der Waals surface area contributed by atoms with Gasteiger partial charge in [-0.3, -0.25) is 19.4 Å². The molecule has 0 aliphatic carbocycles. The predicted octanol–water partition coefficient (Wildman–Crippen LogP) is -10.8. The summed E-state index contributed by atoms with van der Waals surface area (Å²) in [4.78, 5) is 43.5. The van der Waals surface area contributed by atoms with Crippen molar-refractivity contribution in [3.8, 4) is 0 Å². The van der Waals surface area contributed by atoms with Gasteiger partial charge >= 0.3 is 49.7 Å². The van der Waals surface area contributed by atoms with E-state index >= 15 is 0 Å². The number of carboxylic acid groups (broad SMARTS) is 4. The van der Waals surface area contributed by atoms with Gasteiger partial charge in [0, 0.05) is 13.1 Å². The molecule has 0 amide bonds. The van der Waals surface area contributed by atoms with Gasteiger partial charge < -0.3 is 30.0 Å². The van der Waals surface area contributed by atoms with Crippen molar-refractivity contribution in [2.24, 2.45) is 0 Å². The standard InChI is InChI=1S/C9H14N2O8.2Li/c12-6(13)1-10(2-7(14)15)5-11(3-8(16)17)4-9(18)19;;/h1-5H2,(H,12,13)(H,14,15)(H,16,17)(H,18,19);;/q;2*+1/p-2. The molecule has 0 unspecified atom stereocenters. The van der Waals surface area contributed by atoms with E-state index in [9.17, 15) is 29.4 Å². The Labute approximate surface area is 144 Å². The molecule has 0 fully saturated rings. The Kier molecular flexibility index (Phi) is 15.1. The Morgan fingerprint density at radius 3 is 1.19 bits per heavy atom. The second kappa shape index (κ2) is 12.7. The van der Waals surface area contributed by atoms with Crippen LogP contribution < -0.4 is 47.9 Å². The monoisotopic (exact) mass is 290 g/mol. The van der Waals surface area contributed by atoms with Crippen LogP contribution in [-0.2, 0) is 19.2 Å². The molecule has 0 rings (SSSR count). The zero-order valence-electron chi connectivity index (χ0n) is 11.8. The number of hydrogen-bond acceptors (Lipinski definition) is 8. The number of aliphatic carboxylic acids is 4. The summed E-state index contributed by atoms with van der Waals surface area (Å²) in [5.74, 6) is -5.81. The molecular formula is C9H12Li2N2O8. The first-order valence-corrected chi connectivity index (χ1v) is 4.98. The Balaban J connectivity index is -0.00000162. The first-order chi connectivity index (χ1) is 8.70. The van der Waals surface area contributed by atoms with Gasteiger partial charge in [-0.25, -0.2) is 0 Å². The topological polar surface area (TPSA) is 161 Å². The molecule has 12 heteroatoms. The average molecular weight is 290 g/mol. The van der Waals surface area contributed by atoms with Gasteiger partial charge in [0.15, 0.2) is 0 Å². The van der Waals surface area contributed by atoms with E-state index in [1.807, 2.05) is 0 Å². The zero-order chi connectivity index (χ0) is 15.0. The SMILES string of the molecule is O=C([O-])CN(CC(=O)O)CN(CC(=O)[O-])CC(=O)O.[Li+].[Li+]. The molecule has 0 aliphatic heterocycles. The van der Waals surface area contributed by atoms with E-state index in [-0.39, 0.29) is 37.7 Å². The molecule has 0 saturated heterocycles. The second-order valence-electron chi connectivity index (χ2n) is 3.65. The van der Waals surface area contributed by atoms with Gasteiger partial charge in [-0.05, 0) is 0 Å². The third-order valence-electron chi connectivity index (χ3n) is 1.82. The van der Waals surface area contributed by atoms with E-state index in [0.717, 1.165) is 9.80 Å². The van der Waals surface area contributed by atoms with Crippen LogP contribution in [-0.4, -0.2) is 76.7 Å². The van der Waals surface area contributed by atoms with Gasteiger partial charge in [0.1, 0.15) is 0 Å². The molecule has 0 spiro atoms. The van der Waals surface area contributed by atoms with E-state index in [1.54, 1.807) is 0 Å². The van der Waals surface area contributed by atoms with Crippen molar-refractivity contribution in [1.82, 2.24) is 9.80 Å². The minimum absolute atomic E-state index is 0. The summed E-state index contributed by atoms with van der Waals surface area (Å²) in [7, 11) is 0. The van der Waals surface area contributed by atoms with Crippen molar-refractivity contribution >= 4 is 23.9 Å². The summed E-state index contributed by atoms with van der Waals surface area (Å²) in [6.07, 6.45) is 0. The van der Waals surface area contributed by atoms with Crippen molar-refractivity contribution in [2.45, 2.75) is 0 Å². The van der Waals surface area contributed by atoms with Crippen LogP contribution in [0.15, 0.2) is 0 Å². The van der Waals surface area contributed by atoms with Crippen molar-refractivity contribution < 1.29 is 77.3 Å². The fourth-order valence-electron chi connectivity index (χ4n) is 1.34. The van der Waals surface area contributed by atoms with Gasteiger partial charge in [0.25, 0.3) is 0 Å². The van der Waals surface area contributed by atoms with Crippen molar-refractivity contribution in [1.29, 1.82) is 0 Å². The minimum Gasteiger partial charge on any atom is -0.549 e. The van der Waals surface area contributed by atoms with E-state index in [4.69, 9.17) is 10.2 Å². The molecule has 0 aliphatic rings. The first-order valence-electron chi connectivity index (χ1n) is 4.98. The molecule has 0 saturated carbocycles. The number of nitrogens with zero attached hydrogens (tertiary/aromatic N) is 2. The third kappa shape index (κ3) is 15.2. The van der Waals surface area contributed by atoms with Crippen LogP contribution in [0.25, 0.3) is 0 Å². The number of carbonyl (C=O) groups excluding carboxylic acids is 2. The van der Waals surface area contributed by atoms with Crippen LogP contribution in [0.1, 0.15) is 0 Å². The van der Waals surface area contributed by atoms with Crippen LogP contribution in [0, 0.1) is 0 Å². The predicted molar refractivity (Wildman–Crippen MR) is 53.3 cm³/mol. The second-order valence-corrected chi connectivity index (χ2v) is 3.65. The largest absolute Gasteiger partial charge is 1.00 e. The zero-order valence-corrected chi connectivity index (χ0v) is 11.8. The molecule has 0 atom stereocenters. The fraction of sp³-hybridized carbons (Fsp3) is 0.556. The van der Waals surface area contributed by atoms with Crippen LogP contribution in [0.5, 0.6) is 0 Å². The molecule has 0 aromatic heterocycles. The molecule has 0 aromatic carbocycles. The summed E-state index contributed by atoms with van der Waals surface area (Å²) in [6.45, 7) is -3.40. The van der Waals surface area contributed by atoms with Gasteiger partial charge in [0.05, 0.1) is 31.7 Å². The van der Waals surface area contributed by atoms with Crippen LogP contribution >= 0.6 is 0 Å². The quantitative estimate of drug-likeness (QED) is 0.292. The van der Waals surface area contributed by atoms with Crippen molar-refractivity contribution in [3.05, 3.63) is 0 Å². The van der Waals surface area contributed by atoms with Crippen molar-refractivity contribution in [3.63, 3.8) is 0 Å². The van der Waals surface area contributed by atoms with Gasteiger partial charge in [0.2, 0.25) is 0 Å². The Morgan fingerprint density at radius 2 is 1.00 bits per heavy atom. The molecule has 0 radical (unpaired) electrons. The number of rotatable bonds is 10. The fourth-order valence-corrected chi connectivity index (χ4v) is 1.34. The molecule has 0 heterocycles. The van der Waals surface area contributed by atoms with Gasteiger partial charge in [-0.1, -0.05) is 0 Å². The summed E-state index contributed by atoms with van der Waals surface area (Å²) in [6, 6.07) is 0. The molecular weight excluding hydrogens is 278 g/mol. The Hall–Kier alpha value is -1.01. The maximum absolute atomic E-state index is 10.5. The van der Waals surface area contributed by atoms with E-state index in [2.05, 4.69) is 0 Å². The number of carboxylic acids is 4. The molecule has 21 heavy (non-hydrogen) atoms. The van der Waals surface area contributed by atoms with Crippen LogP contribution in [0.4, 0.5) is 0 Å².